The summed E-state index contributed by atoms with van der Waals surface area (Å²) < 4.78 is 0. The largest absolute Gasteiger partial charge is 0.386 e. The molecule has 3 nitrogen and oxygen atoms in total. The number of rotatable bonds is 2. The Balaban J connectivity index is 2.88. The smallest absolute Gasteiger partial charge is 0.126 e. The van der Waals surface area contributed by atoms with Crippen LogP contribution in [-0.4, -0.2) is 21.6 Å². The van der Waals surface area contributed by atoms with Crippen molar-refractivity contribution in [3.63, 3.8) is 0 Å². The van der Waals surface area contributed by atoms with E-state index >= 15 is 0 Å². The summed E-state index contributed by atoms with van der Waals surface area (Å²) in [6.45, 7) is 7.58. The predicted octanol–water partition coefficient (Wildman–Crippen LogP) is 2.05. The van der Waals surface area contributed by atoms with Gasteiger partial charge in [-0.05, 0) is 38.5 Å². The summed E-state index contributed by atoms with van der Waals surface area (Å²) in [4.78, 5) is 4.39. The number of hydrogen-bond donors (Lipinski definition) is 2. The Bertz CT molecular complexity index is 191. The van der Waals surface area contributed by atoms with Gasteiger partial charge in [0.2, 0.25) is 0 Å². The molecule has 1 saturated carbocycles. The predicted molar refractivity (Wildman–Crippen MR) is 50.3 cm³/mol. The zero-order valence-corrected chi connectivity index (χ0v) is 8.87. The minimum Gasteiger partial charge on any atom is -0.386 e. The highest BCUT2D eigenvalue weighted by Crippen LogP contribution is 2.46. The van der Waals surface area contributed by atoms with Crippen LogP contribution in [0.4, 0.5) is 0 Å². The summed E-state index contributed by atoms with van der Waals surface area (Å²) in [5.74, 6) is 0.647. The molecule has 3 unspecified atom stereocenters. The molecule has 0 aliphatic heterocycles. The molecule has 3 atom stereocenters. The molecule has 0 radical (unpaired) electrons. The van der Waals surface area contributed by atoms with Crippen molar-refractivity contribution in [2.75, 3.05) is 0 Å². The minimum absolute atomic E-state index is 0.162. The third kappa shape index (κ3) is 1.49. The summed E-state index contributed by atoms with van der Waals surface area (Å²) in [7, 11) is 0. The van der Waals surface area contributed by atoms with Crippen LogP contribution in [0, 0.1) is 11.8 Å². The first kappa shape index (κ1) is 11.0. The van der Waals surface area contributed by atoms with E-state index in [1.807, 2.05) is 6.92 Å². The van der Waals surface area contributed by atoms with Crippen molar-refractivity contribution in [3.05, 3.63) is 0 Å². The summed E-state index contributed by atoms with van der Waals surface area (Å²) in [5, 5.41) is 19.1. The van der Waals surface area contributed by atoms with Gasteiger partial charge in [0, 0.05) is 0 Å². The second-order valence-electron chi connectivity index (χ2n) is 4.83. The molecule has 0 spiro atoms. The fourth-order valence-electron chi connectivity index (χ4n) is 2.32. The van der Waals surface area contributed by atoms with Crippen LogP contribution < -0.4 is 0 Å². The average Bonchev–Trinajstić information content (AvgIpc) is 2.35. The minimum atomic E-state index is -0.902. The van der Waals surface area contributed by atoms with Crippen molar-refractivity contribution in [3.8, 4) is 0 Å². The first-order chi connectivity index (χ1) is 5.85. The van der Waals surface area contributed by atoms with Gasteiger partial charge in [-0.25, -0.2) is 4.89 Å². The molecular formula is C10H20O3. The zero-order valence-electron chi connectivity index (χ0n) is 8.87. The quantitative estimate of drug-likeness (QED) is 0.515. The SMILES string of the molecule is CC1CCC(O)(C(C)(C)OO)C1C. The van der Waals surface area contributed by atoms with Gasteiger partial charge in [0.1, 0.15) is 5.60 Å². The lowest BCUT2D eigenvalue weighted by atomic mass is 9.77. The van der Waals surface area contributed by atoms with E-state index in [0.29, 0.717) is 12.3 Å². The van der Waals surface area contributed by atoms with Crippen LogP contribution in [0.15, 0.2) is 0 Å². The van der Waals surface area contributed by atoms with Gasteiger partial charge >= 0.3 is 0 Å². The molecule has 78 valence electrons. The average molecular weight is 188 g/mol. The van der Waals surface area contributed by atoms with E-state index in [1.165, 1.54) is 0 Å². The van der Waals surface area contributed by atoms with E-state index in [2.05, 4.69) is 11.8 Å². The van der Waals surface area contributed by atoms with E-state index in [9.17, 15) is 5.11 Å². The molecule has 1 rings (SSSR count). The summed E-state index contributed by atoms with van der Waals surface area (Å²) in [6, 6.07) is 0. The Labute approximate surface area is 79.6 Å². The van der Waals surface area contributed by atoms with Crippen LogP contribution in [0.1, 0.15) is 40.5 Å². The lowest BCUT2D eigenvalue weighted by Gasteiger charge is -2.41. The van der Waals surface area contributed by atoms with Crippen molar-refractivity contribution in [1.82, 2.24) is 0 Å². The van der Waals surface area contributed by atoms with E-state index in [0.717, 1.165) is 6.42 Å². The summed E-state index contributed by atoms with van der Waals surface area (Å²) in [6.07, 6.45) is 1.69. The molecule has 0 amide bonds. The van der Waals surface area contributed by atoms with Crippen molar-refractivity contribution >= 4 is 0 Å². The topological polar surface area (TPSA) is 49.7 Å². The Morgan fingerprint density at radius 3 is 2.23 bits per heavy atom. The van der Waals surface area contributed by atoms with E-state index in [1.54, 1.807) is 13.8 Å². The lowest BCUT2D eigenvalue weighted by molar-refractivity contribution is -0.358. The van der Waals surface area contributed by atoms with Crippen LogP contribution in [0.2, 0.25) is 0 Å². The maximum Gasteiger partial charge on any atom is 0.126 e. The molecule has 1 aliphatic carbocycles. The summed E-state index contributed by atoms with van der Waals surface area (Å²) in [5.41, 5.74) is -1.78. The molecule has 2 N–H and O–H groups in total. The Kier molecular flexibility index (Phi) is 2.72. The van der Waals surface area contributed by atoms with Crippen LogP contribution in [0.5, 0.6) is 0 Å². The first-order valence-electron chi connectivity index (χ1n) is 4.90. The molecule has 0 saturated heterocycles. The van der Waals surface area contributed by atoms with Gasteiger partial charge in [0.05, 0.1) is 5.60 Å². The molecule has 13 heavy (non-hydrogen) atoms. The third-order valence-electron chi connectivity index (χ3n) is 3.86. The Hall–Kier alpha value is -0.120. The second kappa shape index (κ2) is 3.23. The molecule has 0 aromatic rings. The summed E-state index contributed by atoms with van der Waals surface area (Å²) >= 11 is 0. The zero-order chi connectivity index (χ0) is 10.3. The Morgan fingerprint density at radius 1 is 1.38 bits per heavy atom. The molecular weight excluding hydrogens is 168 g/mol. The Morgan fingerprint density at radius 2 is 1.92 bits per heavy atom. The van der Waals surface area contributed by atoms with Crippen LogP contribution >= 0.6 is 0 Å². The van der Waals surface area contributed by atoms with E-state index in [4.69, 9.17) is 5.26 Å². The number of aliphatic hydroxyl groups is 1. The van der Waals surface area contributed by atoms with Gasteiger partial charge in [-0.2, -0.15) is 0 Å². The van der Waals surface area contributed by atoms with Gasteiger partial charge in [-0.3, -0.25) is 5.26 Å². The second-order valence-corrected chi connectivity index (χ2v) is 4.83. The standard InChI is InChI=1S/C10H20O3/c1-7-5-6-10(11,8(7)2)9(3,4)13-12/h7-8,11-12H,5-6H2,1-4H3. The lowest BCUT2D eigenvalue weighted by Crippen LogP contribution is -2.53. The molecule has 3 heteroatoms. The van der Waals surface area contributed by atoms with Gasteiger partial charge in [-0.1, -0.05) is 13.8 Å². The molecule has 0 aromatic heterocycles. The highest BCUT2D eigenvalue weighted by Gasteiger charge is 2.54. The van der Waals surface area contributed by atoms with E-state index < -0.39 is 11.2 Å². The van der Waals surface area contributed by atoms with Crippen molar-refractivity contribution in [2.24, 2.45) is 11.8 Å². The normalized spacial score (nSPS) is 41.1. The molecule has 0 bridgehead atoms. The molecule has 1 fully saturated rings. The highest BCUT2D eigenvalue weighted by atomic mass is 17.1. The number of hydrogen-bond acceptors (Lipinski definition) is 3. The van der Waals surface area contributed by atoms with Crippen LogP contribution in [0.3, 0.4) is 0 Å². The van der Waals surface area contributed by atoms with Gasteiger partial charge < -0.3 is 5.11 Å². The fraction of sp³-hybridized carbons (Fsp3) is 1.00. The molecule has 1 aliphatic rings. The van der Waals surface area contributed by atoms with Gasteiger partial charge in [0.15, 0.2) is 0 Å². The first-order valence-corrected chi connectivity index (χ1v) is 4.90. The van der Waals surface area contributed by atoms with Gasteiger partial charge in [0.25, 0.3) is 0 Å². The van der Waals surface area contributed by atoms with Crippen molar-refractivity contribution in [1.29, 1.82) is 0 Å². The van der Waals surface area contributed by atoms with Crippen LogP contribution in [0.25, 0.3) is 0 Å². The molecule has 0 heterocycles. The van der Waals surface area contributed by atoms with Crippen molar-refractivity contribution < 1.29 is 15.3 Å². The third-order valence-corrected chi connectivity index (χ3v) is 3.86. The monoisotopic (exact) mass is 188 g/mol. The van der Waals surface area contributed by atoms with E-state index in [-0.39, 0.29) is 5.92 Å². The van der Waals surface area contributed by atoms with Crippen molar-refractivity contribution in [2.45, 2.75) is 51.7 Å². The maximum atomic E-state index is 10.4. The maximum absolute atomic E-state index is 10.4. The highest BCUT2D eigenvalue weighted by molar-refractivity contribution is 5.03. The molecule has 0 aromatic carbocycles. The fourth-order valence-corrected chi connectivity index (χ4v) is 2.32. The van der Waals surface area contributed by atoms with Gasteiger partial charge in [-0.15, -0.1) is 0 Å². The van der Waals surface area contributed by atoms with Crippen LogP contribution in [-0.2, 0) is 4.89 Å².